The van der Waals surface area contributed by atoms with E-state index in [1.54, 1.807) is 13.0 Å². The van der Waals surface area contributed by atoms with E-state index in [0.29, 0.717) is 12.2 Å². The number of hydrogen-bond acceptors (Lipinski definition) is 1. The fourth-order valence-corrected chi connectivity index (χ4v) is 1.09. The van der Waals surface area contributed by atoms with Crippen LogP contribution in [0.2, 0.25) is 0 Å². The topological polar surface area (TPSA) is 9.23 Å². The highest BCUT2D eigenvalue weighted by Gasteiger charge is 2.15. The summed E-state index contributed by atoms with van der Waals surface area (Å²) in [5.74, 6) is -3.72. The van der Waals surface area contributed by atoms with E-state index in [1.165, 1.54) is 0 Å². The predicted octanol–water partition coefficient (Wildman–Crippen LogP) is 3.80. The zero-order chi connectivity index (χ0) is 11.4. The molecule has 0 atom stereocenters. The van der Waals surface area contributed by atoms with Gasteiger partial charge in [-0.1, -0.05) is 6.92 Å². The largest absolute Gasteiger partial charge is 0.456 e. The van der Waals surface area contributed by atoms with Gasteiger partial charge in [0.05, 0.1) is 5.76 Å². The Bertz CT molecular complexity index is 386. The Labute approximate surface area is 86.2 Å². The van der Waals surface area contributed by atoms with Crippen LogP contribution in [0.3, 0.4) is 0 Å². The SMILES string of the molecule is CC/C=C(\C)Oc1c(F)ccc(F)c1F. The molecule has 15 heavy (non-hydrogen) atoms. The van der Waals surface area contributed by atoms with E-state index in [9.17, 15) is 13.2 Å². The maximum absolute atomic E-state index is 13.1. The molecular weight excluding hydrogens is 205 g/mol. The maximum atomic E-state index is 13.1. The van der Waals surface area contributed by atoms with Crippen LogP contribution in [0.1, 0.15) is 20.3 Å². The molecule has 0 spiro atoms. The standard InChI is InChI=1S/C11H11F3O/c1-3-4-7(2)15-11-9(13)6-5-8(12)10(11)14/h4-6H,3H2,1-2H3/b7-4+. The Morgan fingerprint density at radius 1 is 1.27 bits per heavy atom. The van der Waals surface area contributed by atoms with Crippen molar-refractivity contribution in [1.82, 2.24) is 0 Å². The van der Waals surface area contributed by atoms with Gasteiger partial charge in [0, 0.05) is 0 Å². The molecule has 1 nitrogen and oxygen atoms in total. The molecule has 4 heteroatoms. The van der Waals surface area contributed by atoms with Crippen LogP contribution in [0.15, 0.2) is 24.0 Å². The Morgan fingerprint density at radius 2 is 1.87 bits per heavy atom. The fraction of sp³-hybridized carbons (Fsp3) is 0.273. The van der Waals surface area contributed by atoms with Crippen molar-refractivity contribution in [2.24, 2.45) is 0 Å². The number of ether oxygens (including phenoxy) is 1. The first-order valence-electron chi connectivity index (χ1n) is 4.54. The van der Waals surface area contributed by atoms with E-state index in [4.69, 9.17) is 4.74 Å². The number of halogens is 3. The van der Waals surface area contributed by atoms with Gasteiger partial charge in [-0.05, 0) is 31.6 Å². The third kappa shape index (κ3) is 2.75. The van der Waals surface area contributed by atoms with Crippen molar-refractivity contribution in [2.75, 3.05) is 0 Å². The molecule has 0 aliphatic carbocycles. The van der Waals surface area contributed by atoms with E-state index < -0.39 is 23.2 Å². The van der Waals surface area contributed by atoms with Gasteiger partial charge in [0.25, 0.3) is 0 Å². The molecule has 0 radical (unpaired) electrons. The predicted molar refractivity (Wildman–Crippen MR) is 51.0 cm³/mol. The lowest BCUT2D eigenvalue weighted by Crippen LogP contribution is -1.99. The zero-order valence-electron chi connectivity index (χ0n) is 8.48. The minimum Gasteiger partial charge on any atom is -0.456 e. The summed E-state index contributed by atoms with van der Waals surface area (Å²) < 4.78 is 43.8. The Morgan fingerprint density at radius 3 is 2.47 bits per heavy atom. The lowest BCUT2D eigenvalue weighted by Gasteiger charge is -2.08. The number of hydrogen-bond donors (Lipinski definition) is 0. The van der Waals surface area contributed by atoms with Gasteiger partial charge in [0.15, 0.2) is 11.6 Å². The van der Waals surface area contributed by atoms with E-state index in [1.807, 2.05) is 6.92 Å². The first-order chi connectivity index (χ1) is 7.06. The van der Waals surface area contributed by atoms with Crippen molar-refractivity contribution < 1.29 is 17.9 Å². The van der Waals surface area contributed by atoms with Gasteiger partial charge in [0.1, 0.15) is 0 Å². The van der Waals surface area contributed by atoms with E-state index >= 15 is 0 Å². The molecule has 82 valence electrons. The Kier molecular flexibility index (Phi) is 3.77. The van der Waals surface area contributed by atoms with Crippen molar-refractivity contribution in [3.05, 3.63) is 41.4 Å². The summed E-state index contributed by atoms with van der Waals surface area (Å²) in [5, 5.41) is 0. The molecule has 1 aromatic rings. The van der Waals surface area contributed by atoms with Gasteiger partial charge >= 0.3 is 0 Å². The molecule has 0 N–H and O–H groups in total. The third-order valence-electron chi connectivity index (χ3n) is 1.76. The molecule has 0 aliphatic heterocycles. The van der Waals surface area contributed by atoms with Crippen molar-refractivity contribution in [3.63, 3.8) is 0 Å². The van der Waals surface area contributed by atoms with E-state index in [2.05, 4.69) is 0 Å². The van der Waals surface area contributed by atoms with Crippen LogP contribution < -0.4 is 4.74 Å². The average Bonchev–Trinajstić information content (AvgIpc) is 2.19. The van der Waals surface area contributed by atoms with Crippen molar-refractivity contribution >= 4 is 0 Å². The highest BCUT2D eigenvalue weighted by Crippen LogP contribution is 2.25. The average molecular weight is 216 g/mol. The maximum Gasteiger partial charge on any atom is 0.204 e. The van der Waals surface area contributed by atoms with Gasteiger partial charge < -0.3 is 4.74 Å². The summed E-state index contributed by atoms with van der Waals surface area (Å²) >= 11 is 0. The minimum absolute atomic E-state index is 0.334. The summed E-state index contributed by atoms with van der Waals surface area (Å²) in [6.07, 6.45) is 2.31. The molecule has 1 aromatic carbocycles. The highest BCUT2D eigenvalue weighted by molar-refractivity contribution is 5.28. The summed E-state index contributed by atoms with van der Waals surface area (Å²) in [4.78, 5) is 0. The molecule has 0 saturated carbocycles. The third-order valence-corrected chi connectivity index (χ3v) is 1.76. The summed E-state index contributed by atoms with van der Waals surface area (Å²) in [5.41, 5.74) is 0. The first-order valence-corrected chi connectivity index (χ1v) is 4.54. The van der Waals surface area contributed by atoms with Crippen molar-refractivity contribution in [3.8, 4) is 5.75 Å². The van der Waals surface area contributed by atoms with Crippen LogP contribution in [-0.4, -0.2) is 0 Å². The molecule has 1 rings (SSSR count). The normalized spacial score (nSPS) is 11.7. The smallest absolute Gasteiger partial charge is 0.204 e. The molecule has 0 unspecified atom stereocenters. The molecular formula is C11H11F3O. The van der Waals surface area contributed by atoms with Gasteiger partial charge in [-0.25, -0.2) is 8.78 Å². The summed E-state index contributed by atoms with van der Waals surface area (Å²) in [7, 11) is 0. The van der Waals surface area contributed by atoms with Gasteiger partial charge in [-0.2, -0.15) is 4.39 Å². The first kappa shape index (κ1) is 11.6. The van der Waals surface area contributed by atoms with Crippen LogP contribution in [0.4, 0.5) is 13.2 Å². The molecule has 0 saturated heterocycles. The van der Waals surface area contributed by atoms with E-state index in [0.717, 1.165) is 12.1 Å². The van der Waals surface area contributed by atoms with E-state index in [-0.39, 0.29) is 0 Å². The molecule has 0 fully saturated rings. The van der Waals surface area contributed by atoms with Crippen LogP contribution in [0.5, 0.6) is 5.75 Å². The number of rotatable bonds is 3. The number of benzene rings is 1. The van der Waals surface area contributed by atoms with Crippen molar-refractivity contribution in [1.29, 1.82) is 0 Å². The van der Waals surface area contributed by atoms with Crippen LogP contribution >= 0.6 is 0 Å². The van der Waals surface area contributed by atoms with Crippen LogP contribution in [-0.2, 0) is 0 Å². The summed E-state index contributed by atoms with van der Waals surface area (Å²) in [6.45, 7) is 3.40. The molecule has 0 aliphatic rings. The van der Waals surface area contributed by atoms with Gasteiger partial charge in [-0.15, -0.1) is 0 Å². The second kappa shape index (κ2) is 4.87. The molecule has 0 bridgehead atoms. The Balaban J connectivity index is 3.04. The molecule has 0 amide bonds. The second-order valence-electron chi connectivity index (χ2n) is 3.00. The minimum atomic E-state index is -1.31. The lowest BCUT2D eigenvalue weighted by molar-refractivity contribution is 0.355. The van der Waals surface area contributed by atoms with Gasteiger partial charge in [-0.3, -0.25) is 0 Å². The summed E-state index contributed by atoms with van der Waals surface area (Å²) in [6, 6.07) is 1.55. The lowest BCUT2D eigenvalue weighted by atomic mass is 10.3. The van der Waals surface area contributed by atoms with Crippen LogP contribution in [0.25, 0.3) is 0 Å². The second-order valence-corrected chi connectivity index (χ2v) is 3.00. The fourth-order valence-electron chi connectivity index (χ4n) is 1.09. The van der Waals surface area contributed by atoms with Crippen molar-refractivity contribution in [2.45, 2.75) is 20.3 Å². The zero-order valence-corrected chi connectivity index (χ0v) is 8.48. The highest BCUT2D eigenvalue weighted by atomic mass is 19.2. The monoisotopic (exact) mass is 216 g/mol. The molecule has 0 heterocycles. The number of allylic oxidation sites excluding steroid dienone is 2. The van der Waals surface area contributed by atoms with Gasteiger partial charge in [0.2, 0.25) is 11.6 Å². The van der Waals surface area contributed by atoms with Crippen LogP contribution in [0, 0.1) is 17.5 Å². The Hall–Kier alpha value is -1.45. The molecule has 0 aromatic heterocycles. The quantitative estimate of drug-likeness (QED) is 0.551.